The molecule has 0 unspecified atom stereocenters. The first-order valence-electron chi connectivity index (χ1n) is 9.78. The van der Waals surface area contributed by atoms with E-state index in [1.165, 1.54) is 18.2 Å². The first kappa shape index (κ1) is 17.5. The molecule has 28 heavy (non-hydrogen) atoms. The van der Waals surface area contributed by atoms with Gasteiger partial charge in [0.15, 0.2) is 11.5 Å². The molecule has 0 N–H and O–H groups in total. The van der Waals surface area contributed by atoms with Gasteiger partial charge in [-0.2, -0.15) is 0 Å². The van der Waals surface area contributed by atoms with Crippen LogP contribution in [0.1, 0.15) is 47.5 Å². The van der Waals surface area contributed by atoms with Gasteiger partial charge in [0.2, 0.25) is 0 Å². The number of carbonyl (C=O) groups is 1. The normalized spacial score (nSPS) is 25.6. The van der Waals surface area contributed by atoms with Crippen LogP contribution in [-0.4, -0.2) is 36.1 Å². The van der Waals surface area contributed by atoms with Gasteiger partial charge in [-0.1, -0.05) is 6.07 Å². The van der Waals surface area contributed by atoms with Crippen LogP contribution < -0.4 is 9.47 Å². The van der Waals surface area contributed by atoms with E-state index in [9.17, 15) is 13.6 Å². The zero-order valence-corrected chi connectivity index (χ0v) is 15.4. The van der Waals surface area contributed by atoms with Gasteiger partial charge in [0.05, 0.1) is 0 Å². The molecular weight excluding hydrogens is 364 g/mol. The molecule has 146 valence electrons. The Bertz CT molecular complexity index is 898. The number of piperidine rings is 1. The lowest BCUT2D eigenvalue weighted by molar-refractivity contribution is 0.0567. The molecule has 3 atom stereocenters. The standard InChI is InChI=1S/C22H21F2NO3/c23-17-2-1-3-18(24)21(17)14-10-15-5-6-16(11-14)25(15)22(26)13-4-7-19-20(12-13)28-9-8-27-19/h1-4,7,12,14-16H,5-6,8-11H2/t14-,15+,16-. The molecule has 0 saturated carbocycles. The van der Waals surface area contributed by atoms with Crippen LogP contribution in [-0.2, 0) is 0 Å². The largest absolute Gasteiger partial charge is 0.486 e. The number of rotatable bonds is 2. The lowest BCUT2D eigenvalue weighted by Gasteiger charge is -2.39. The maximum Gasteiger partial charge on any atom is 0.254 e. The number of amides is 1. The first-order chi connectivity index (χ1) is 13.6. The third kappa shape index (κ3) is 2.82. The summed E-state index contributed by atoms with van der Waals surface area (Å²) in [6, 6.07) is 9.29. The molecule has 3 aliphatic heterocycles. The second kappa shape index (κ2) is 6.76. The number of fused-ring (bicyclic) bond motifs is 3. The quantitative estimate of drug-likeness (QED) is 0.774. The van der Waals surface area contributed by atoms with Gasteiger partial charge in [-0.15, -0.1) is 0 Å². The summed E-state index contributed by atoms with van der Waals surface area (Å²) in [4.78, 5) is 15.1. The number of hydrogen-bond acceptors (Lipinski definition) is 3. The van der Waals surface area contributed by atoms with Gasteiger partial charge in [-0.3, -0.25) is 4.79 Å². The molecule has 3 aliphatic rings. The molecule has 0 radical (unpaired) electrons. The molecule has 4 nitrogen and oxygen atoms in total. The summed E-state index contributed by atoms with van der Waals surface area (Å²) in [5, 5.41) is 0. The molecule has 0 aromatic heterocycles. The van der Waals surface area contributed by atoms with E-state index in [-0.39, 0.29) is 29.5 Å². The Morgan fingerprint density at radius 3 is 2.25 bits per heavy atom. The van der Waals surface area contributed by atoms with Crippen molar-refractivity contribution in [1.29, 1.82) is 0 Å². The van der Waals surface area contributed by atoms with Gasteiger partial charge < -0.3 is 14.4 Å². The van der Waals surface area contributed by atoms with E-state index in [0.29, 0.717) is 43.1 Å². The predicted octanol–water partition coefficient (Wildman–Crippen LogP) is 4.29. The van der Waals surface area contributed by atoms with Gasteiger partial charge in [0.1, 0.15) is 24.8 Å². The summed E-state index contributed by atoms with van der Waals surface area (Å²) >= 11 is 0. The van der Waals surface area contributed by atoms with Crippen molar-refractivity contribution in [3.8, 4) is 11.5 Å². The summed E-state index contributed by atoms with van der Waals surface area (Å²) in [5.74, 6) is 0.0271. The van der Waals surface area contributed by atoms with Crippen LogP contribution in [0.5, 0.6) is 11.5 Å². The molecular formula is C22H21F2NO3. The third-order valence-corrected chi connectivity index (χ3v) is 6.16. The topological polar surface area (TPSA) is 38.8 Å². The van der Waals surface area contributed by atoms with Crippen LogP contribution >= 0.6 is 0 Å². The number of hydrogen-bond donors (Lipinski definition) is 0. The number of halogens is 2. The fraction of sp³-hybridized carbons (Fsp3) is 0.409. The van der Waals surface area contributed by atoms with Crippen LogP contribution in [0.25, 0.3) is 0 Å². The van der Waals surface area contributed by atoms with Crippen LogP contribution in [0.4, 0.5) is 8.78 Å². The zero-order chi connectivity index (χ0) is 19.3. The molecule has 2 bridgehead atoms. The van der Waals surface area contributed by atoms with E-state index in [4.69, 9.17) is 9.47 Å². The molecule has 2 aromatic carbocycles. The second-order valence-corrected chi connectivity index (χ2v) is 7.76. The summed E-state index contributed by atoms with van der Waals surface area (Å²) in [6.45, 7) is 0.972. The minimum absolute atomic E-state index is 0.00320. The molecule has 6 heteroatoms. The Labute approximate surface area is 162 Å². The number of nitrogens with zero attached hydrogens (tertiary/aromatic N) is 1. The van der Waals surface area contributed by atoms with Crippen molar-refractivity contribution in [1.82, 2.24) is 4.90 Å². The van der Waals surface area contributed by atoms with E-state index in [1.54, 1.807) is 18.2 Å². The van der Waals surface area contributed by atoms with Gasteiger partial charge in [-0.25, -0.2) is 8.78 Å². The molecule has 1 amide bonds. The fourth-order valence-electron chi connectivity index (χ4n) is 4.97. The van der Waals surface area contributed by atoms with Crippen molar-refractivity contribution in [2.24, 2.45) is 0 Å². The first-order valence-corrected chi connectivity index (χ1v) is 9.78. The smallest absolute Gasteiger partial charge is 0.254 e. The minimum Gasteiger partial charge on any atom is -0.486 e. The van der Waals surface area contributed by atoms with Crippen molar-refractivity contribution >= 4 is 5.91 Å². The average Bonchev–Trinajstić information content (AvgIpc) is 2.97. The lowest BCUT2D eigenvalue weighted by Crippen LogP contribution is -2.46. The Kier molecular flexibility index (Phi) is 4.22. The van der Waals surface area contributed by atoms with Crippen LogP contribution in [0.3, 0.4) is 0 Å². The molecule has 2 saturated heterocycles. The van der Waals surface area contributed by atoms with E-state index in [0.717, 1.165) is 12.8 Å². The SMILES string of the molecule is O=C(c1ccc2c(c1)OCCO2)N1[C@@H]2CC[C@H]1C[C@@H](c1c(F)cccc1F)C2. The van der Waals surface area contributed by atoms with Crippen LogP contribution in [0.15, 0.2) is 36.4 Å². The van der Waals surface area contributed by atoms with Crippen LogP contribution in [0, 0.1) is 11.6 Å². The van der Waals surface area contributed by atoms with Crippen molar-refractivity contribution in [3.63, 3.8) is 0 Å². The predicted molar refractivity (Wildman–Crippen MR) is 98.7 cm³/mol. The highest BCUT2D eigenvalue weighted by Crippen LogP contribution is 2.45. The molecule has 2 aromatic rings. The molecule has 5 rings (SSSR count). The number of carbonyl (C=O) groups excluding carboxylic acids is 1. The summed E-state index contributed by atoms with van der Waals surface area (Å²) < 4.78 is 39.6. The van der Waals surface area contributed by atoms with E-state index < -0.39 is 11.6 Å². The van der Waals surface area contributed by atoms with Gasteiger partial charge in [0, 0.05) is 23.2 Å². The van der Waals surface area contributed by atoms with Gasteiger partial charge in [0.25, 0.3) is 5.91 Å². The fourth-order valence-corrected chi connectivity index (χ4v) is 4.97. The Morgan fingerprint density at radius 2 is 1.57 bits per heavy atom. The Morgan fingerprint density at radius 1 is 0.929 bits per heavy atom. The highest BCUT2D eigenvalue weighted by molar-refractivity contribution is 5.95. The maximum atomic E-state index is 14.2. The van der Waals surface area contributed by atoms with Gasteiger partial charge >= 0.3 is 0 Å². The lowest BCUT2D eigenvalue weighted by atomic mass is 9.84. The monoisotopic (exact) mass is 385 g/mol. The summed E-state index contributed by atoms with van der Waals surface area (Å²) in [7, 11) is 0. The minimum atomic E-state index is -0.490. The average molecular weight is 385 g/mol. The molecule has 2 fully saturated rings. The maximum absolute atomic E-state index is 14.2. The Hall–Kier alpha value is -2.63. The van der Waals surface area contributed by atoms with Crippen molar-refractivity contribution in [2.45, 2.75) is 43.7 Å². The van der Waals surface area contributed by atoms with Crippen molar-refractivity contribution in [2.75, 3.05) is 13.2 Å². The van der Waals surface area contributed by atoms with Crippen LogP contribution in [0.2, 0.25) is 0 Å². The Balaban J connectivity index is 1.39. The second-order valence-electron chi connectivity index (χ2n) is 7.76. The summed E-state index contributed by atoms with van der Waals surface area (Å²) in [6.07, 6.45) is 2.91. The highest BCUT2D eigenvalue weighted by atomic mass is 19.1. The van der Waals surface area contributed by atoms with E-state index in [1.807, 2.05) is 4.90 Å². The molecule has 0 aliphatic carbocycles. The summed E-state index contributed by atoms with van der Waals surface area (Å²) in [5.41, 5.74) is 0.738. The van der Waals surface area contributed by atoms with E-state index in [2.05, 4.69) is 0 Å². The van der Waals surface area contributed by atoms with Gasteiger partial charge in [-0.05, 0) is 61.9 Å². The van der Waals surface area contributed by atoms with Crippen molar-refractivity contribution in [3.05, 3.63) is 59.2 Å². The van der Waals surface area contributed by atoms with E-state index >= 15 is 0 Å². The third-order valence-electron chi connectivity index (χ3n) is 6.16. The molecule has 0 spiro atoms. The zero-order valence-electron chi connectivity index (χ0n) is 15.4. The highest BCUT2D eigenvalue weighted by Gasteiger charge is 2.44. The number of ether oxygens (including phenoxy) is 2. The van der Waals surface area contributed by atoms with Crippen molar-refractivity contribution < 1.29 is 23.0 Å². The number of benzene rings is 2. The molecule has 3 heterocycles.